The Labute approximate surface area is 104 Å². The van der Waals surface area contributed by atoms with Gasteiger partial charge in [-0.1, -0.05) is 30.3 Å². The Morgan fingerprint density at radius 3 is 2.56 bits per heavy atom. The summed E-state index contributed by atoms with van der Waals surface area (Å²) in [5.41, 5.74) is 8.73. The summed E-state index contributed by atoms with van der Waals surface area (Å²) in [6.45, 7) is 1.96. The molecule has 3 nitrogen and oxygen atoms in total. The van der Waals surface area contributed by atoms with Gasteiger partial charge < -0.3 is 5.73 Å². The third kappa shape index (κ3) is 1.44. The summed E-state index contributed by atoms with van der Waals surface area (Å²) in [4.78, 5) is 16.3. The van der Waals surface area contributed by atoms with E-state index in [1.165, 1.54) is 0 Å². The number of hydrogen-bond donors (Lipinski definition) is 1. The van der Waals surface area contributed by atoms with Gasteiger partial charge >= 0.3 is 0 Å². The summed E-state index contributed by atoms with van der Waals surface area (Å²) in [6, 6.07) is 13.4. The number of carbonyl (C=O) groups excluding carboxylic acids is 1. The molecule has 0 aliphatic rings. The number of nitrogens with two attached hydrogens (primary N) is 1. The third-order valence-corrected chi connectivity index (χ3v) is 3.16. The molecule has 3 aromatic rings. The Morgan fingerprint density at radius 1 is 1.06 bits per heavy atom. The number of carbonyl (C=O) groups is 1. The first-order valence-electron chi connectivity index (χ1n) is 5.76. The van der Waals surface area contributed by atoms with E-state index in [0.29, 0.717) is 5.56 Å². The second kappa shape index (κ2) is 3.81. The number of amides is 1. The maximum absolute atomic E-state index is 11.8. The zero-order valence-electron chi connectivity index (χ0n) is 9.97. The Bertz CT molecular complexity index is 778. The molecule has 1 heterocycles. The number of para-hydroxylation sites is 1. The van der Waals surface area contributed by atoms with Crippen LogP contribution >= 0.6 is 0 Å². The molecule has 0 saturated carbocycles. The summed E-state index contributed by atoms with van der Waals surface area (Å²) in [6.07, 6.45) is 0. The van der Waals surface area contributed by atoms with Crippen molar-refractivity contribution in [2.45, 2.75) is 6.92 Å². The maximum atomic E-state index is 11.8. The Morgan fingerprint density at radius 2 is 1.78 bits per heavy atom. The fourth-order valence-electron chi connectivity index (χ4n) is 2.37. The normalized spacial score (nSPS) is 10.9. The van der Waals surface area contributed by atoms with Crippen LogP contribution in [-0.4, -0.2) is 10.9 Å². The van der Waals surface area contributed by atoms with Gasteiger partial charge in [-0.25, -0.2) is 4.98 Å². The number of primary amides is 1. The van der Waals surface area contributed by atoms with Gasteiger partial charge in [0.2, 0.25) is 5.91 Å². The van der Waals surface area contributed by atoms with Gasteiger partial charge in [0.05, 0.1) is 16.6 Å². The van der Waals surface area contributed by atoms with Gasteiger partial charge in [0.1, 0.15) is 0 Å². The van der Waals surface area contributed by atoms with Crippen molar-refractivity contribution in [2.24, 2.45) is 5.73 Å². The van der Waals surface area contributed by atoms with Crippen LogP contribution in [0.1, 0.15) is 15.9 Å². The van der Waals surface area contributed by atoms with Crippen LogP contribution in [0.25, 0.3) is 21.8 Å². The van der Waals surface area contributed by atoms with Gasteiger partial charge in [-0.15, -0.1) is 0 Å². The van der Waals surface area contributed by atoms with E-state index >= 15 is 0 Å². The van der Waals surface area contributed by atoms with E-state index in [9.17, 15) is 4.79 Å². The molecule has 0 bridgehead atoms. The van der Waals surface area contributed by atoms with E-state index in [1.807, 2.05) is 49.4 Å². The second-order valence-corrected chi connectivity index (χ2v) is 4.34. The maximum Gasteiger partial charge on any atom is 0.250 e. The predicted octanol–water partition coefficient (Wildman–Crippen LogP) is 2.80. The number of rotatable bonds is 1. The highest BCUT2D eigenvalue weighted by Gasteiger charge is 2.14. The minimum atomic E-state index is -0.409. The number of hydrogen-bond acceptors (Lipinski definition) is 2. The molecule has 0 unspecified atom stereocenters. The van der Waals surface area contributed by atoms with Crippen molar-refractivity contribution >= 4 is 27.7 Å². The molecule has 0 aliphatic carbocycles. The Kier molecular flexibility index (Phi) is 2.27. The molecule has 3 heteroatoms. The molecule has 0 aliphatic heterocycles. The van der Waals surface area contributed by atoms with Gasteiger partial charge in [-0.3, -0.25) is 4.79 Å². The van der Waals surface area contributed by atoms with Crippen molar-refractivity contribution in [2.75, 3.05) is 0 Å². The third-order valence-electron chi connectivity index (χ3n) is 3.16. The van der Waals surface area contributed by atoms with Gasteiger partial charge in [-0.05, 0) is 24.6 Å². The summed E-state index contributed by atoms with van der Waals surface area (Å²) >= 11 is 0. The van der Waals surface area contributed by atoms with E-state index < -0.39 is 5.91 Å². The minimum absolute atomic E-state index is 0.409. The fourth-order valence-corrected chi connectivity index (χ4v) is 2.37. The summed E-state index contributed by atoms with van der Waals surface area (Å²) in [5.74, 6) is -0.409. The van der Waals surface area contributed by atoms with Crippen LogP contribution in [0.4, 0.5) is 0 Å². The molecule has 3 rings (SSSR count). The lowest BCUT2D eigenvalue weighted by molar-refractivity contribution is 0.100. The van der Waals surface area contributed by atoms with Crippen molar-refractivity contribution in [3.63, 3.8) is 0 Å². The summed E-state index contributed by atoms with van der Waals surface area (Å²) in [7, 11) is 0. The van der Waals surface area contributed by atoms with Gasteiger partial charge in [-0.2, -0.15) is 0 Å². The minimum Gasteiger partial charge on any atom is -0.366 e. The topological polar surface area (TPSA) is 56.0 Å². The van der Waals surface area contributed by atoms with Gasteiger partial charge in [0, 0.05) is 10.8 Å². The van der Waals surface area contributed by atoms with Crippen molar-refractivity contribution in [3.05, 3.63) is 53.6 Å². The number of aryl methyl sites for hydroxylation is 1. The number of nitrogens with zero attached hydrogens (tertiary/aromatic N) is 1. The van der Waals surface area contributed by atoms with Crippen molar-refractivity contribution < 1.29 is 4.79 Å². The zero-order valence-corrected chi connectivity index (χ0v) is 9.97. The van der Waals surface area contributed by atoms with Crippen molar-refractivity contribution in [1.82, 2.24) is 4.98 Å². The quantitative estimate of drug-likeness (QED) is 0.660. The van der Waals surface area contributed by atoms with E-state index in [4.69, 9.17) is 5.73 Å². The van der Waals surface area contributed by atoms with E-state index in [2.05, 4.69) is 4.98 Å². The number of fused-ring (bicyclic) bond motifs is 2. The molecule has 0 atom stereocenters. The van der Waals surface area contributed by atoms with Crippen molar-refractivity contribution in [1.29, 1.82) is 0 Å². The largest absolute Gasteiger partial charge is 0.366 e. The first-order valence-corrected chi connectivity index (χ1v) is 5.76. The highest BCUT2D eigenvalue weighted by atomic mass is 16.1. The van der Waals surface area contributed by atoms with Crippen molar-refractivity contribution in [3.8, 4) is 0 Å². The molecular weight excluding hydrogens is 224 g/mol. The average molecular weight is 236 g/mol. The molecule has 0 fully saturated rings. The average Bonchev–Trinajstić information content (AvgIpc) is 2.36. The van der Waals surface area contributed by atoms with Crippen LogP contribution in [0.5, 0.6) is 0 Å². The molecule has 0 saturated heterocycles. The fraction of sp³-hybridized carbons (Fsp3) is 0.0667. The first-order chi connectivity index (χ1) is 8.68. The van der Waals surface area contributed by atoms with E-state index in [1.54, 1.807) is 0 Å². The smallest absolute Gasteiger partial charge is 0.250 e. The highest BCUT2D eigenvalue weighted by Crippen LogP contribution is 2.27. The molecule has 0 spiro atoms. The molecule has 18 heavy (non-hydrogen) atoms. The first kappa shape index (κ1) is 10.7. The van der Waals surface area contributed by atoms with Crippen LogP contribution in [0.2, 0.25) is 0 Å². The van der Waals surface area contributed by atoms with Crippen LogP contribution in [0.3, 0.4) is 0 Å². The van der Waals surface area contributed by atoms with Crippen LogP contribution in [0, 0.1) is 6.92 Å². The summed E-state index contributed by atoms with van der Waals surface area (Å²) < 4.78 is 0. The van der Waals surface area contributed by atoms with Gasteiger partial charge in [0.25, 0.3) is 0 Å². The number of aromatic nitrogens is 1. The lowest BCUT2D eigenvalue weighted by atomic mass is 9.99. The SMILES string of the molecule is Cc1cccc2nc3ccccc3c(C(N)=O)c12. The molecule has 2 N–H and O–H groups in total. The van der Waals surface area contributed by atoms with E-state index in [0.717, 1.165) is 27.4 Å². The zero-order chi connectivity index (χ0) is 12.7. The second-order valence-electron chi connectivity index (χ2n) is 4.34. The highest BCUT2D eigenvalue weighted by molar-refractivity contribution is 6.16. The predicted molar refractivity (Wildman–Crippen MR) is 72.5 cm³/mol. The lowest BCUT2D eigenvalue weighted by Crippen LogP contribution is -2.13. The standard InChI is InChI=1S/C15H12N2O/c1-9-5-4-8-12-13(9)14(15(16)18)10-6-2-3-7-11(10)17-12/h2-8H,1H3,(H2,16,18). The summed E-state index contributed by atoms with van der Waals surface area (Å²) in [5, 5.41) is 1.66. The lowest BCUT2D eigenvalue weighted by Gasteiger charge is -2.09. The Balaban J connectivity index is 2.64. The molecule has 88 valence electrons. The number of pyridine rings is 1. The Hall–Kier alpha value is -2.42. The molecular formula is C15H12N2O. The molecule has 0 radical (unpaired) electrons. The van der Waals surface area contributed by atoms with Crippen LogP contribution in [-0.2, 0) is 0 Å². The molecule has 2 aromatic carbocycles. The van der Waals surface area contributed by atoms with Crippen LogP contribution in [0.15, 0.2) is 42.5 Å². The van der Waals surface area contributed by atoms with Crippen LogP contribution < -0.4 is 5.73 Å². The molecule has 1 amide bonds. The van der Waals surface area contributed by atoms with E-state index in [-0.39, 0.29) is 0 Å². The van der Waals surface area contributed by atoms with Gasteiger partial charge in [0.15, 0.2) is 0 Å². The number of benzene rings is 2. The monoisotopic (exact) mass is 236 g/mol. The molecule has 1 aromatic heterocycles.